The standard InChI is InChI=1S/C29H35IN2O8/c1-38-25-13-19(17-34)12-21(30)27(25)40-24-15-20(28(36)31-9-10-33)14-22(26(24)35)32(16-18-6-3-2-4-7-18)29(37)23-8-5-11-39-23/h2-4,6-7,12-13,15,22-24,26,33-35H,5,8-11,14,16-17H2,1H3,(H,31,36). The summed E-state index contributed by atoms with van der Waals surface area (Å²) in [6.07, 6.45) is 0.166. The first kappa shape index (κ1) is 30.3. The van der Waals surface area contributed by atoms with Crippen molar-refractivity contribution in [3.8, 4) is 11.5 Å². The molecule has 40 heavy (non-hydrogen) atoms. The van der Waals surface area contributed by atoms with Gasteiger partial charge < -0.3 is 39.7 Å². The molecule has 1 heterocycles. The molecule has 0 saturated carbocycles. The maximum atomic E-state index is 13.8. The normalized spacial score (nSPS) is 22.4. The van der Waals surface area contributed by atoms with E-state index >= 15 is 0 Å². The van der Waals surface area contributed by atoms with E-state index in [1.54, 1.807) is 23.1 Å². The number of nitrogens with one attached hydrogen (secondary N) is 1. The fourth-order valence-corrected chi connectivity index (χ4v) is 5.78. The van der Waals surface area contributed by atoms with Gasteiger partial charge >= 0.3 is 0 Å². The average Bonchev–Trinajstić information content (AvgIpc) is 3.52. The third-order valence-corrected chi connectivity index (χ3v) is 7.83. The molecule has 1 saturated heterocycles. The number of hydrogen-bond acceptors (Lipinski definition) is 8. The molecule has 4 atom stereocenters. The van der Waals surface area contributed by atoms with Crippen molar-refractivity contribution in [3.63, 3.8) is 0 Å². The summed E-state index contributed by atoms with van der Waals surface area (Å²) < 4.78 is 18.2. The van der Waals surface area contributed by atoms with E-state index in [4.69, 9.17) is 14.2 Å². The van der Waals surface area contributed by atoms with Crippen LogP contribution >= 0.6 is 22.6 Å². The van der Waals surface area contributed by atoms with Gasteiger partial charge in [0.15, 0.2) is 11.5 Å². The van der Waals surface area contributed by atoms with Crippen molar-refractivity contribution in [2.24, 2.45) is 0 Å². The number of ether oxygens (including phenoxy) is 3. The molecule has 2 aliphatic rings. The predicted molar refractivity (Wildman–Crippen MR) is 155 cm³/mol. The average molecular weight is 667 g/mol. The molecule has 10 nitrogen and oxygen atoms in total. The molecular formula is C29H35IN2O8. The lowest BCUT2D eigenvalue weighted by atomic mass is 9.87. The summed E-state index contributed by atoms with van der Waals surface area (Å²) in [6.45, 7) is 0.355. The third kappa shape index (κ3) is 7.13. The van der Waals surface area contributed by atoms with Crippen LogP contribution in [0.15, 0.2) is 54.1 Å². The number of halogens is 1. The van der Waals surface area contributed by atoms with Crippen molar-refractivity contribution in [2.45, 2.75) is 56.8 Å². The number of hydrogen-bond donors (Lipinski definition) is 4. The molecular weight excluding hydrogens is 631 g/mol. The number of nitrogens with zero attached hydrogens (tertiary/aromatic N) is 1. The zero-order valence-electron chi connectivity index (χ0n) is 22.3. The number of aliphatic hydroxyl groups excluding tert-OH is 3. The quantitative estimate of drug-likeness (QED) is 0.267. The summed E-state index contributed by atoms with van der Waals surface area (Å²) in [4.78, 5) is 28.5. The summed E-state index contributed by atoms with van der Waals surface area (Å²) in [5.74, 6) is 0.0413. The number of aliphatic hydroxyl groups is 3. The van der Waals surface area contributed by atoms with Crippen LogP contribution in [0.3, 0.4) is 0 Å². The molecule has 1 aliphatic heterocycles. The Bertz CT molecular complexity index is 1200. The van der Waals surface area contributed by atoms with Crippen molar-refractivity contribution in [3.05, 3.63) is 68.8 Å². The lowest BCUT2D eigenvalue weighted by molar-refractivity contribution is -0.149. The SMILES string of the molecule is COc1cc(CO)cc(I)c1OC1C=C(C(=O)NCCO)CC(N(Cc2ccccc2)C(=O)C2CCCO2)C1O. The molecule has 4 unspecified atom stereocenters. The molecule has 11 heteroatoms. The Morgan fingerprint density at radius 1 is 1.18 bits per heavy atom. The Kier molecular flexibility index (Phi) is 10.8. The lowest BCUT2D eigenvalue weighted by Crippen LogP contribution is -2.56. The predicted octanol–water partition coefficient (Wildman–Crippen LogP) is 1.92. The van der Waals surface area contributed by atoms with E-state index in [2.05, 4.69) is 27.9 Å². The first-order valence-corrected chi connectivity index (χ1v) is 14.3. The number of carbonyl (C=O) groups excluding carboxylic acids is 2. The van der Waals surface area contributed by atoms with Gasteiger partial charge in [0.25, 0.3) is 5.91 Å². The van der Waals surface area contributed by atoms with Crippen LogP contribution in [-0.2, 0) is 27.5 Å². The number of carbonyl (C=O) groups is 2. The number of methoxy groups -OCH3 is 1. The summed E-state index contributed by atoms with van der Waals surface area (Å²) >= 11 is 2.06. The second kappa shape index (κ2) is 14.3. The van der Waals surface area contributed by atoms with Crippen molar-refractivity contribution >= 4 is 34.4 Å². The van der Waals surface area contributed by atoms with E-state index in [9.17, 15) is 24.9 Å². The zero-order valence-corrected chi connectivity index (χ0v) is 24.5. The van der Waals surface area contributed by atoms with Crippen LogP contribution in [0, 0.1) is 3.57 Å². The highest BCUT2D eigenvalue weighted by molar-refractivity contribution is 14.1. The van der Waals surface area contributed by atoms with Crippen LogP contribution in [0.1, 0.15) is 30.4 Å². The van der Waals surface area contributed by atoms with E-state index < -0.39 is 30.3 Å². The molecule has 2 aromatic rings. The van der Waals surface area contributed by atoms with E-state index in [1.165, 1.54) is 7.11 Å². The molecule has 2 amide bonds. The van der Waals surface area contributed by atoms with Gasteiger partial charge in [-0.1, -0.05) is 30.3 Å². The minimum Gasteiger partial charge on any atom is -0.493 e. The van der Waals surface area contributed by atoms with Gasteiger partial charge in [0.1, 0.15) is 18.3 Å². The molecule has 0 radical (unpaired) electrons. The highest BCUT2D eigenvalue weighted by atomic mass is 127. The minimum atomic E-state index is -1.19. The van der Waals surface area contributed by atoms with Gasteiger partial charge in [-0.2, -0.15) is 0 Å². The number of rotatable bonds is 11. The van der Waals surface area contributed by atoms with Gasteiger partial charge in [0.2, 0.25) is 5.91 Å². The molecule has 4 N–H and O–H groups in total. The molecule has 2 aromatic carbocycles. The second-order valence-electron chi connectivity index (χ2n) is 9.74. The smallest absolute Gasteiger partial charge is 0.252 e. The van der Waals surface area contributed by atoms with Crippen LogP contribution in [0.4, 0.5) is 0 Å². The molecule has 1 aliphatic carbocycles. The van der Waals surface area contributed by atoms with E-state index in [0.717, 1.165) is 12.0 Å². The maximum absolute atomic E-state index is 13.8. The Morgan fingerprint density at radius 3 is 2.60 bits per heavy atom. The lowest BCUT2D eigenvalue weighted by Gasteiger charge is -2.41. The minimum absolute atomic E-state index is 0.0613. The van der Waals surface area contributed by atoms with Gasteiger partial charge in [-0.15, -0.1) is 0 Å². The molecule has 0 bridgehead atoms. The van der Waals surface area contributed by atoms with Gasteiger partial charge in [-0.3, -0.25) is 9.59 Å². The maximum Gasteiger partial charge on any atom is 0.252 e. The fourth-order valence-electron chi connectivity index (χ4n) is 4.99. The van der Waals surface area contributed by atoms with Crippen molar-refractivity contribution in [2.75, 3.05) is 26.9 Å². The first-order chi connectivity index (χ1) is 19.4. The molecule has 0 spiro atoms. The molecule has 216 valence electrons. The van der Waals surface area contributed by atoms with Crippen molar-refractivity contribution in [1.82, 2.24) is 10.2 Å². The number of benzene rings is 2. The number of amides is 2. The monoisotopic (exact) mass is 666 g/mol. The Morgan fingerprint density at radius 2 is 1.95 bits per heavy atom. The van der Waals surface area contributed by atoms with Gasteiger partial charge in [0.05, 0.1) is 29.9 Å². The van der Waals surface area contributed by atoms with E-state index in [-0.39, 0.29) is 38.6 Å². The van der Waals surface area contributed by atoms with Crippen LogP contribution in [-0.4, -0.2) is 83.3 Å². The van der Waals surface area contributed by atoms with Crippen LogP contribution < -0.4 is 14.8 Å². The highest BCUT2D eigenvalue weighted by Crippen LogP contribution is 2.37. The summed E-state index contributed by atoms with van der Waals surface area (Å²) in [6, 6.07) is 12.0. The Hall–Kier alpha value is -2.71. The second-order valence-corrected chi connectivity index (χ2v) is 10.9. The summed E-state index contributed by atoms with van der Waals surface area (Å²) in [7, 11) is 1.48. The van der Waals surface area contributed by atoms with E-state index in [0.29, 0.717) is 39.2 Å². The van der Waals surface area contributed by atoms with Gasteiger partial charge in [0, 0.05) is 31.7 Å². The fraction of sp³-hybridized carbons (Fsp3) is 0.448. The van der Waals surface area contributed by atoms with Gasteiger partial charge in [-0.05, 0) is 64.8 Å². The van der Waals surface area contributed by atoms with Crippen molar-refractivity contribution in [1.29, 1.82) is 0 Å². The topological polar surface area (TPSA) is 138 Å². The van der Waals surface area contributed by atoms with Crippen LogP contribution in [0.25, 0.3) is 0 Å². The summed E-state index contributed by atoms with van der Waals surface area (Å²) in [5, 5.41) is 33.2. The molecule has 1 fully saturated rings. The molecule has 4 rings (SSSR count). The largest absolute Gasteiger partial charge is 0.493 e. The first-order valence-electron chi connectivity index (χ1n) is 13.2. The van der Waals surface area contributed by atoms with E-state index in [1.807, 2.05) is 30.3 Å². The molecule has 0 aromatic heterocycles. The van der Waals surface area contributed by atoms with Gasteiger partial charge in [-0.25, -0.2) is 0 Å². The Labute approximate surface area is 247 Å². The third-order valence-electron chi connectivity index (χ3n) is 7.02. The summed E-state index contributed by atoms with van der Waals surface area (Å²) in [5.41, 5.74) is 1.83. The zero-order chi connectivity index (χ0) is 28.6. The highest BCUT2D eigenvalue weighted by Gasteiger charge is 2.43. The van der Waals surface area contributed by atoms with Crippen LogP contribution in [0.2, 0.25) is 0 Å². The Balaban J connectivity index is 1.72. The van der Waals surface area contributed by atoms with Crippen molar-refractivity contribution < 1.29 is 39.1 Å². The van der Waals surface area contributed by atoms with Crippen LogP contribution in [0.5, 0.6) is 11.5 Å².